The van der Waals surface area contributed by atoms with E-state index in [0.717, 1.165) is 19.3 Å². The van der Waals surface area contributed by atoms with Crippen molar-refractivity contribution in [2.24, 2.45) is 11.7 Å². The van der Waals surface area contributed by atoms with Gasteiger partial charge in [-0.25, -0.2) is 4.79 Å². The number of nitrogens with two attached hydrogens (primary N) is 1. The Labute approximate surface area is 103 Å². The fourth-order valence-corrected chi connectivity index (χ4v) is 1.36. The lowest BCUT2D eigenvalue weighted by molar-refractivity contribution is -0.146. The maximum absolute atomic E-state index is 11.7. The summed E-state index contributed by atoms with van der Waals surface area (Å²) in [6.07, 6.45) is 2.47. The normalized spacial score (nSPS) is 15.1. The number of rotatable bonds is 7. The fraction of sp³-hybridized carbons (Fsp3) is 0.833. The summed E-state index contributed by atoms with van der Waals surface area (Å²) in [4.78, 5) is 22.6. The summed E-state index contributed by atoms with van der Waals surface area (Å²) in [7, 11) is 0. The summed E-state index contributed by atoms with van der Waals surface area (Å²) in [6, 6.07) is 0.140. The summed E-state index contributed by atoms with van der Waals surface area (Å²) in [5.41, 5.74) is 4.40. The first-order valence-corrected chi connectivity index (χ1v) is 5.98. The molecule has 0 aliphatic rings. The van der Waals surface area contributed by atoms with Gasteiger partial charge in [-0.3, -0.25) is 4.79 Å². The predicted molar refractivity (Wildman–Crippen MR) is 66.5 cm³/mol. The zero-order chi connectivity index (χ0) is 13.6. The van der Waals surface area contributed by atoms with Gasteiger partial charge in [0.05, 0.1) is 0 Å². The zero-order valence-electron chi connectivity index (χ0n) is 11.1. The highest BCUT2D eigenvalue weighted by Crippen LogP contribution is 2.11. The molecule has 2 unspecified atom stereocenters. The molecule has 0 radical (unpaired) electrons. The van der Waals surface area contributed by atoms with Gasteiger partial charge in [-0.1, -0.05) is 13.3 Å². The molecule has 0 aromatic rings. The number of aliphatic carboxylic acids is 1. The lowest BCUT2D eigenvalue weighted by atomic mass is 9.99. The van der Waals surface area contributed by atoms with Crippen LogP contribution in [-0.4, -0.2) is 28.6 Å². The second kappa shape index (κ2) is 6.59. The molecule has 4 N–H and O–H groups in total. The van der Waals surface area contributed by atoms with Crippen LogP contribution in [0.3, 0.4) is 0 Å². The summed E-state index contributed by atoms with van der Waals surface area (Å²) in [5.74, 6) is -1.44. The van der Waals surface area contributed by atoms with Crippen LogP contribution in [-0.2, 0) is 9.59 Å². The van der Waals surface area contributed by atoms with E-state index >= 15 is 0 Å². The minimum atomic E-state index is -1.22. The predicted octanol–water partition coefficient (Wildman–Crippen LogP) is 1.12. The van der Waals surface area contributed by atoms with E-state index in [0.29, 0.717) is 0 Å². The van der Waals surface area contributed by atoms with Gasteiger partial charge in [0.15, 0.2) is 0 Å². The third-order valence-corrected chi connectivity index (χ3v) is 2.71. The minimum Gasteiger partial charge on any atom is -0.480 e. The lowest BCUT2D eigenvalue weighted by Crippen LogP contribution is -2.51. The molecule has 0 aliphatic carbocycles. The van der Waals surface area contributed by atoms with Gasteiger partial charge in [0.2, 0.25) is 5.91 Å². The molecule has 0 rings (SSSR count). The van der Waals surface area contributed by atoms with Gasteiger partial charge in [0, 0.05) is 12.0 Å². The number of amides is 1. The van der Waals surface area contributed by atoms with E-state index < -0.39 is 11.5 Å². The third kappa shape index (κ3) is 6.26. The van der Waals surface area contributed by atoms with E-state index in [9.17, 15) is 9.59 Å². The molecule has 0 saturated heterocycles. The molecular formula is C12H24N2O3. The van der Waals surface area contributed by atoms with Crippen LogP contribution in [0.4, 0.5) is 0 Å². The van der Waals surface area contributed by atoms with Crippen molar-refractivity contribution in [3.63, 3.8) is 0 Å². The number of carboxylic acid groups (broad SMARTS) is 1. The molecule has 0 saturated carbocycles. The van der Waals surface area contributed by atoms with Crippen LogP contribution in [0.25, 0.3) is 0 Å². The molecule has 1 amide bonds. The molecule has 0 aliphatic heterocycles. The number of carboxylic acids is 1. The van der Waals surface area contributed by atoms with E-state index in [1.54, 1.807) is 6.92 Å². The van der Waals surface area contributed by atoms with Crippen LogP contribution in [0.15, 0.2) is 0 Å². The molecule has 5 heteroatoms. The van der Waals surface area contributed by atoms with Crippen LogP contribution < -0.4 is 11.1 Å². The average molecular weight is 244 g/mol. The van der Waals surface area contributed by atoms with E-state index in [4.69, 9.17) is 10.8 Å². The molecule has 100 valence electrons. The number of carbonyl (C=O) groups is 2. The lowest BCUT2D eigenvalue weighted by Gasteiger charge is -2.23. The second-order valence-corrected chi connectivity index (χ2v) is 5.23. The van der Waals surface area contributed by atoms with Crippen molar-refractivity contribution >= 4 is 11.9 Å². The van der Waals surface area contributed by atoms with Crippen molar-refractivity contribution in [3.05, 3.63) is 0 Å². The van der Waals surface area contributed by atoms with Crippen LogP contribution in [0.2, 0.25) is 0 Å². The topological polar surface area (TPSA) is 92.4 Å². The maximum Gasteiger partial charge on any atom is 0.328 e. The first kappa shape index (κ1) is 15.9. The van der Waals surface area contributed by atoms with Crippen LogP contribution in [0.1, 0.15) is 47.0 Å². The van der Waals surface area contributed by atoms with Gasteiger partial charge < -0.3 is 16.2 Å². The molecule has 0 aromatic heterocycles. The van der Waals surface area contributed by atoms with Crippen LogP contribution >= 0.6 is 0 Å². The highest BCUT2D eigenvalue weighted by molar-refractivity contribution is 5.87. The fourth-order valence-electron chi connectivity index (χ4n) is 1.36. The monoisotopic (exact) mass is 244 g/mol. The summed E-state index contributed by atoms with van der Waals surface area (Å²) >= 11 is 0. The van der Waals surface area contributed by atoms with Gasteiger partial charge in [-0.05, 0) is 33.6 Å². The smallest absolute Gasteiger partial charge is 0.328 e. The van der Waals surface area contributed by atoms with Gasteiger partial charge in [0.1, 0.15) is 5.54 Å². The minimum absolute atomic E-state index is 0.140. The van der Waals surface area contributed by atoms with Crippen molar-refractivity contribution < 1.29 is 14.7 Å². The van der Waals surface area contributed by atoms with E-state index in [2.05, 4.69) is 5.32 Å². The molecule has 2 atom stereocenters. The largest absolute Gasteiger partial charge is 0.480 e. The van der Waals surface area contributed by atoms with Crippen LogP contribution in [0, 0.1) is 5.92 Å². The molecular weight excluding hydrogens is 220 g/mol. The van der Waals surface area contributed by atoms with Crippen molar-refractivity contribution in [2.45, 2.75) is 58.5 Å². The van der Waals surface area contributed by atoms with Gasteiger partial charge in [-0.15, -0.1) is 0 Å². The molecule has 0 spiro atoms. The Balaban J connectivity index is 4.10. The van der Waals surface area contributed by atoms with Crippen molar-refractivity contribution in [3.8, 4) is 0 Å². The SMILES string of the molecule is CC(N)CCCC(C)C(=O)NC(C)(C)C(=O)O. The Morgan fingerprint density at radius 3 is 2.24 bits per heavy atom. The first-order valence-electron chi connectivity index (χ1n) is 5.98. The van der Waals surface area contributed by atoms with Gasteiger partial charge >= 0.3 is 5.97 Å². The Bertz CT molecular complexity index is 275. The summed E-state index contributed by atoms with van der Waals surface area (Å²) in [5, 5.41) is 11.4. The van der Waals surface area contributed by atoms with E-state index in [1.165, 1.54) is 13.8 Å². The Morgan fingerprint density at radius 2 is 1.82 bits per heavy atom. The zero-order valence-corrected chi connectivity index (χ0v) is 11.1. The average Bonchev–Trinajstić information content (AvgIpc) is 2.15. The third-order valence-electron chi connectivity index (χ3n) is 2.71. The van der Waals surface area contributed by atoms with Crippen molar-refractivity contribution in [1.82, 2.24) is 5.32 Å². The summed E-state index contributed by atoms with van der Waals surface area (Å²) < 4.78 is 0. The van der Waals surface area contributed by atoms with Gasteiger partial charge in [-0.2, -0.15) is 0 Å². The van der Waals surface area contributed by atoms with Crippen molar-refractivity contribution in [2.75, 3.05) is 0 Å². The molecule has 0 bridgehead atoms. The highest BCUT2D eigenvalue weighted by atomic mass is 16.4. The molecule has 17 heavy (non-hydrogen) atoms. The Kier molecular flexibility index (Phi) is 6.16. The van der Waals surface area contributed by atoms with Crippen molar-refractivity contribution in [1.29, 1.82) is 0 Å². The Morgan fingerprint density at radius 1 is 1.29 bits per heavy atom. The first-order chi connectivity index (χ1) is 7.66. The number of hydrogen-bond donors (Lipinski definition) is 3. The number of hydrogen-bond acceptors (Lipinski definition) is 3. The standard InChI is InChI=1S/C12H24N2O3/c1-8(6-5-7-9(2)13)10(15)14-12(3,4)11(16)17/h8-9H,5-7,13H2,1-4H3,(H,14,15)(H,16,17). The van der Waals surface area contributed by atoms with E-state index in [1.807, 2.05) is 6.92 Å². The maximum atomic E-state index is 11.7. The summed E-state index contributed by atoms with van der Waals surface area (Å²) in [6.45, 7) is 6.68. The molecule has 5 nitrogen and oxygen atoms in total. The highest BCUT2D eigenvalue weighted by Gasteiger charge is 2.30. The van der Waals surface area contributed by atoms with Gasteiger partial charge in [0.25, 0.3) is 0 Å². The Hall–Kier alpha value is -1.10. The quantitative estimate of drug-likeness (QED) is 0.625. The molecule has 0 aromatic carbocycles. The second-order valence-electron chi connectivity index (χ2n) is 5.23. The number of nitrogens with one attached hydrogen (secondary N) is 1. The molecule has 0 heterocycles. The van der Waals surface area contributed by atoms with Crippen LogP contribution in [0.5, 0.6) is 0 Å². The van der Waals surface area contributed by atoms with E-state index in [-0.39, 0.29) is 17.9 Å². The molecule has 0 fully saturated rings. The number of carbonyl (C=O) groups excluding carboxylic acids is 1.